The topological polar surface area (TPSA) is 24.9 Å². The summed E-state index contributed by atoms with van der Waals surface area (Å²) in [6.07, 6.45) is 0.937. The van der Waals surface area contributed by atoms with Gasteiger partial charge in [-0.25, -0.2) is 0 Å². The van der Waals surface area contributed by atoms with Gasteiger partial charge in [0.1, 0.15) is 0 Å². The summed E-state index contributed by atoms with van der Waals surface area (Å²) in [7, 11) is 1.92. The SMILES string of the molecule is CCc1cc(NC)c2cc(Cl)cc(C)c2n1. The Hall–Kier alpha value is -1.28. The number of pyridine rings is 1. The van der Waals surface area contributed by atoms with Gasteiger partial charge in [0.05, 0.1) is 5.52 Å². The molecule has 0 saturated carbocycles. The second-order valence-corrected chi connectivity index (χ2v) is 4.32. The summed E-state index contributed by atoms with van der Waals surface area (Å²) in [6, 6.07) is 6.00. The lowest BCUT2D eigenvalue weighted by atomic mass is 10.1. The number of nitrogens with zero attached hydrogens (tertiary/aromatic N) is 1. The monoisotopic (exact) mass is 234 g/mol. The molecule has 0 amide bonds. The quantitative estimate of drug-likeness (QED) is 0.855. The van der Waals surface area contributed by atoms with Crippen molar-refractivity contribution in [1.82, 2.24) is 4.98 Å². The number of anilines is 1. The average Bonchev–Trinajstić information content (AvgIpc) is 2.28. The molecule has 1 heterocycles. The van der Waals surface area contributed by atoms with Crippen LogP contribution in [0.2, 0.25) is 5.02 Å². The minimum absolute atomic E-state index is 0.757. The molecule has 0 spiro atoms. The second kappa shape index (κ2) is 4.30. The van der Waals surface area contributed by atoms with Crippen LogP contribution in [0.5, 0.6) is 0 Å². The van der Waals surface area contributed by atoms with Crippen LogP contribution in [0.1, 0.15) is 18.2 Å². The van der Waals surface area contributed by atoms with Gasteiger partial charge >= 0.3 is 0 Å². The third kappa shape index (κ3) is 1.85. The maximum Gasteiger partial charge on any atom is 0.0756 e. The van der Waals surface area contributed by atoms with Crippen molar-refractivity contribution in [2.45, 2.75) is 20.3 Å². The highest BCUT2D eigenvalue weighted by atomic mass is 35.5. The molecule has 0 radical (unpaired) electrons. The summed E-state index contributed by atoms with van der Waals surface area (Å²) in [4.78, 5) is 4.64. The highest BCUT2D eigenvalue weighted by molar-refractivity contribution is 6.31. The number of nitrogens with one attached hydrogen (secondary N) is 1. The maximum absolute atomic E-state index is 6.07. The number of hydrogen-bond acceptors (Lipinski definition) is 2. The van der Waals surface area contributed by atoms with Gasteiger partial charge in [0.2, 0.25) is 0 Å². The average molecular weight is 235 g/mol. The molecule has 0 saturated heterocycles. The van der Waals surface area contributed by atoms with E-state index in [1.54, 1.807) is 0 Å². The van der Waals surface area contributed by atoms with Crippen LogP contribution in [0.3, 0.4) is 0 Å². The molecule has 2 rings (SSSR count). The predicted octanol–water partition coefficient (Wildman–Crippen LogP) is 3.80. The number of benzene rings is 1. The Balaban J connectivity index is 2.83. The minimum Gasteiger partial charge on any atom is -0.388 e. The molecule has 0 atom stereocenters. The van der Waals surface area contributed by atoms with Crippen LogP contribution >= 0.6 is 11.6 Å². The Labute approximate surface area is 101 Å². The van der Waals surface area contributed by atoms with E-state index in [4.69, 9.17) is 11.6 Å². The van der Waals surface area contributed by atoms with Gasteiger partial charge in [0.15, 0.2) is 0 Å². The van der Waals surface area contributed by atoms with Crippen LogP contribution in [-0.4, -0.2) is 12.0 Å². The van der Waals surface area contributed by atoms with E-state index in [2.05, 4.69) is 23.3 Å². The zero-order valence-corrected chi connectivity index (χ0v) is 10.5. The van der Waals surface area contributed by atoms with Gasteiger partial charge in [-0.2, -0.15) is 0 Å². The number of hydrogen-bond donors (Lipinski definition) is 1. The van der Waals surface area contributed by atoms with Gasteiger partial charge < -0.3 is 5.32 Å². The predicted molar refractivity (Wildman–Crippen MR) is 70.4 cm³/mol. The lowest BCUT2D eigenvalue weighted by molar-refractivity contribution is 1.05. The molecule has 0 aliphatic carbocycles. The summed E-state index contributed by atoms with van der Waals surface area (Å²) < 4.78 is 0. The molecule has 1 aromatic carbocycles. The number of fused-ring (bicyclic) bond motifs is 1. The molecule has 84 valence electrons. The van der Waals surface area contributed by atoms with Gasteiger partial charge in [-0.05, 0) is 37.1 Å². The van der Waals surface area contributed by atoms with Crippen molar-refractivity contribution >= 4 is 28.2 Å². The summed E-state index contributed by atoms with van der Waals surface area (Å²) in [6.45, 7) is 4.15. The fourth-order valence-electron chi connectivity index (χ4n) is 1.90. The molecule has 2 aromatic rings. The number of halogens is 1. The van der Waals surface area contributed by atoms with E-state index in [-0.39, 0.29) is 0 Å². The lowest BCUT2D eigenvalue weighted by Crippen LogP contribution is -1.97. The van der Waals surface area contributed by atoms with Crippen LogP contribution in [-0.2, 0) is 6.42 Å². The minimum atomic E-state index is 0.757. The van der Waals surface area contributed by atoms with Crippen LogP contribution in [0.15, 0.2) is 18.2 Å². The van der Waals surface area contributed by atoms with Crippen molar-refractivity contribution in [2.75, 3.05) is 12.4 Å². The first-order valence-corrected chi connectivity index (χ1v) is 5.81. The molecule has 0 unspecified atom stereocenters. The standard InChI is InChI=1S/C13H15ClN2/c1-4-10-7-12(15-3)11-6-9(14)5-8(2)13(11)16-10/h5-7H,4H2,1-3H3,(H,15,16). The van der Waals surface area contributed by atoms with Crippen molar-refractivity contribution in [1.29, 1.82) is 0 Å². The molecule has 0 bridgehead atoms. The molecule has 3 heteroatoms. The van der Waals surface area contributed by atoms with Crippen LogP contribution in [0.4, 0.5) is 5.69 Å². The Kier molecular flexibility index (Phi) is 3.01. The fourth-order valence-corrected chi connectivity index (χ4v) is 2.17. The van der Waals surface area contributed by atoms with Crippen molar-refractivity contribution in [3.05, 3.63) is 34.5 Å². The van der Waals surface area contributed by atoms with Gasteiger partial charge in [-0.15, -0.1) is 0 Å². The summed E-state index contributed by atoms with van der Waals surface area (Å²) in [5.74, 6) is 0. The molecule has 16 heavy (non-hydrogen) atoms. The van der Waals surface area contributed by atoms with E-state index in [0.717, 1.165) is 39.3 Å². The summed E-state index contributed by atoms with van der Waals surface area (Å²) in [5.41, 5.74) is 4.34. The third-order valence-corrected chi connectivity index (χ3v) is 2.97. The Morgan fingerprint density at radius 2 is 2.06 bits per heavy atom. The van der Waals surface area contributed by atoms with Gasteiger partial charge in [-0.1, -0.05) is 18.5 Å². The molecular formula is C13H15ClN2. The van der Waals surface area contributed by atoms with Gasteiger partial charge in [-0.3, -0.25) is 4.98 Å². The lowest BCUT2D eigenvalue weighted by Gasteiger charge is -2.10. The third-order valence-electron chi connectivity index (χ3n) is 2.75. The van der Waals surface area contributed by atoms with E-state index in [9.17, 15) is 0 Å². The number of aromatic nitrogens is 1. The molecule has 1 N–H and O–H groups in total. The second-order valence-electron chi connectivity index (χ2n) is 3.88. The van der Waals surface area contributed by atoms with E-state index >= 15 is 0 Å². The molecule has 0 aliphatic rings. The van der Waals surface area contributed by atoms with E-state index in [1.807, 2.05) is 26.1 Å². The first-order valence-electron chi connectivity index (χ1n) is 5.43. The fraction of sp³-hybridized carbons (Fsp3) is 0.308. The van der Waals surface area contributed by atoms with Crippen LogP contribution in [0.25, 0.3) is 10.9 Å². The smallest absolute Gasteiger partial charge is 0.0756 e. The maximum atomic E-state index is 6.07. The van der Waals surface area contributed by atoms with E-state index in [1.165, 1.54) is 0 Å². The largest absolute Gasteiger partial charge is 0.388 e. The summed E-state index contributed by atoms with van der Waals surface area (Å²) >= 11 is 6.07. The molecule has 0 fully saturated rings. The van der Waals surface area contributed by atoms with Crippen molar-refractivity contribution in [2.24, 2.45) is 0 Å². The Morgan fingerprint density at radius 1 is 1.31 bits per heavy atom. The first kappa shape index (κ1) is 11.2. The zero-order chi connectivity index (χ0) is 11.7. The zero-order valence-electron chi connectivity index (χ0n) is 9.76. The summed E-state index contributed by atoms with van der Waals surface area (Å²) in [5, 5.41) is 5.05. The van der Waals surface area contributed by atoms with Gasteiger partial charge in [0.25, 0.3) is 0 Å². The van der Waals surface area contributed by atoms with Crippen LogP contribution < -0.4 is 5.32 Å². The van der Waals surface area contributed by atoms with E-state index in [0.29, 0.717) is 0 Å². The number of aryl methyl sites for hydroxylation is 2. The molecular weight excluding hydrogens is 220 g/mol. The normalized spacial score (nSPS) is 10.8. The van der Waals surface area contributed by atoms with Crippen molar-refractivity contribution in [3.8, 4) is 0 Å². The Morgan fingerprint density at radius 3 is 2.69 bits per heavy atom. The highest BCUT2D eigenvalue weighted by Gasteiger charge is 2.07. The molecule has 2 nitrogen and oxygen atoms in total. The van der Waals surface area contributed by atoms with Crippen molar-refractivity contribution < 1.29 is 0 Å². The Bertz CT molecular complexity index is 535. The molecule has 0 aliphatic heterocycles. The first-order chi connectivity index (χ1) is 7.65. The van der Waals surface area contributed by atoms with E-state index < -0.39 is 0 Å². The van der Waals surface area contributed by atoms with Crippen molar-refractivity contribution in [3.63, 3.8) is 0 Å². The highest BCUT2D eigenvalue weighted by Crippen LogP contribution is 2.28. The molecule has 1 aromatic heterocycles. The number of rotatable bonds is 2. The van der Waals surface area contributed by atoms with Crippen LogP contribution in [0, 0.1) is 6.92 Å². The van der Waals surface area contributed by atoms with Gasteiger partial charge in [0, 0.05) is 28.8 Å².